The minimum absolute atomic E-state index is 0.0323. The van der Waals surface area contributed by atoms with E-state index in [4.69, 9.17) is 37.6 Å². The average Bonchev–Trinajstić information content (AvgIpc) is 3.56. The fraction of sp³-hybridized carbons (Fsp3) is 0.575. The lowest BCUT2D eigenvalue weighted by Crippen LogP contribution is -2.57. The maximum Gasteiger partial charge on any atom is 0.351 e. The molecule has 2 saturated heterocycles. The van der Waals surface area contributed by atoms with E-state index in [1.165, 1.54) is 20.3 Å². The van der Waals surface area contributed by atoms with Crippen LogP contribution in [-0.4, -0.2) is 61.0 Å². The first-order valence-corrected chi connectivity index (χ1v) is 17.9. The molecule has 3 aliphatic heterocycles. The summed E-state index contributed by atoms with van der Waals surface area (Å²) < 4.78 is 48.8. The molecule has 1 aromatic heterocycles. The zero-order valence-corrected chi connectivity index (χ0v) is 31.6. The molecule has 2 aromatic carbocycles. The van der Waals surface area contributed by atoms with Crippen molar-refractivity contribution in [1.29, 1.82) is 0 Å². The van der Waals surface area contributed by atoms with Gasteiger partial charge in [-0.3, -0.25) is 14.4 Å². The van der Waals surface area contributed by atoms with Crippen LogP contribution >= 0.6 is 0 Å². The number of esters is 4. The van der Waals surface area contributed by atoms with Crippen LogP contribution in [0.2, 0.25) is 0 Å². The second kappa shape index (κ2) is 10.4. The van der Waals surface area contributed by atoms with Crippen molar-refractivity contribution in [1.82, 2.24) is 0 Å². The number of rotatable bonds is 6. The predicted molar refractivity (Wildman–Crippen MR) is 186 cm³/mol. The summed E-state index contributed by atoms with van der Waals surface area (Å²) in [4.78, 5) is 70.0. The number of hydrogen-bond acceptors (Lipinski definition) is 13. The molecular formula is C40H44O13. The molecule has 53 heavy (non-hydrogen) atoms. The van der Waals surface area contributed by atoms with Gasteiger partial charge in [0.25, 0.3) is 0 Å². The van der Waals surface area contributed by atoms with E-state index in [2.05, 4.69) is 0 Å². The summed E-state index contributed by atoms with van der Waals surface area (Å²) >= 11 is 0. The summed E-state index contributed by atoms with van der Waals surface area (Å²) in [5.41, 5.74) is -8.67. The van der Waals surface area contributed by atoms with Gasteiger partial charge in [0.2, 0.25) is 16.6 Å². The molecule has 4 bridgehead atoms. The first-order valence-electron chi connectivity index (χ1n) is 17.9. The van der Waals surface area contributed by atoms with Gasteiger partial charge in [-0.25, -0.2) is 9.59 Å². The smallest absolute Gasteiger partial charge is 0.351 e. The van der Waals surface area contributed by atoms with Crippen molar-refractivity contribution in [3.05, 3.63) is 40.1 Å². The highest BCUT2D eigenvalue weighted by Gasteiger charge is 2.78. The summed E-state index contributed by atoms with van der Waals surface area (Å²) in [7, 11) is 2.89. The standard InChI is InChI=1S/C40H44O13/c1-34(2)29(50-33(45)40-16-14-38(8,31(43)53-40)36(40,5)6)28(49-32(44)39-15-13-37(7,30(42)52-39)35(39,3)4)25-23(51-34)18-22(47-10)24-26(41)20-12-11-19(46-9)17-21(20)48-27(24)25/h11-12,17-18,28-29H,13-16H2,1-10H3/t28-,29-,37?,38?,39-,40-/m1/s1. The Morgan fingerprint density at radius 2 is 1.28 bits per heavy atom. The van der Waals surface area contributed by atoms with E-state index in [1.807, 2.05) is 13.8 Å². The molecule has 0 N–H and O–H groups in total. The number of methoxy groups -OCH3 is 2. The van der Waals surface area contributed by atoms with Gasteiger partial charge in [0.1, 0.15) is 33.8 Å². The largest absolute Gasteiger partial charge is 0.497 e. The number of benzene rings is 2. The Labute approximate surface area is 305 Å². The lowest BCUT2D eigenvalue weighted by atomic mass is 9.66. The summed E-state index contributed by atoms with van der Waals surface area (Å²) in [6.45, 7) is 14.1. The Bertz CT molecular complexity index is 2250. The van der Waals surface area contributed by atoms with Gasteiger partial charge in [0.15, 0.2) is 17.8 Å². The molecule has 13 nitrogen and oxygen atoms in total. The second-order valence-corrected chi connectivity index (χ2v) is 17.2. The average molecular weight is 733 g/mol. The number of carbonyl (C=O) groups is 4. The summed E-state index contributed by atoms with van der Waals surface area (Å²) in [6, 6.07) is 6.27. The Kier molecular flexibility index (Phi) is 6.94. The van der Waals surface area contributed by atoms with Gasteiger partial charge in [-0.15, -0.1) is 0 Å². The molecule has 8 rings (SSSR count). The molecule has 13 heteroatoms. The van der Waals surface area contributed by atoms with E-state index in [-0.39, 0.29) is 51.8 Å². The van der Waals surface area contributed by atoms with Crippen LogP contribution in [-0.2, 0) is 38.1 Å². The predicted octanol–water partition coefficient (Wildman–Crippen LogP) is 5.87. The third kappa shape index (κ3) is 4.00. The normalized spacial score (nSPS) is 33.9. The number of carbonyl (C=O) groups excluding carboxylic acids is 4. The molecule has 5 aliphatic rings. The van der Waals surface area contributed by atoms with Gasteiger partial charge in [-0.05, 0) is 65.5 Å². The van der Waals surface area contributed by atoms with Crippen LogP contribution in [0.5, 0.6) is 17.2 Å². The van der Waals surface area contributed by atoms with E-state index < -0.39 is 80.0 Å². The van der Waals surface area contributed by atoms with Crippen LogP contribution in [0.4, 0.5) is 0 Å². The highest BCUT2D eigenvalue weighted by atomic mass is 16.7. The van der Waals surface area contributed by atoms with Crippen LogP contribution in [0.3, 0.4) is 0 Å². The molecule has 2 saturated carbocycles. The fourth-order valence-corrected chi connectivity index (χ4v) is 9.62. The van der Waals surface area contributed by atoms with Crippen molar-refractivity contribution >= 4 is 45.8 Å². The fourth-order valence-electron chi connectivity index (χ4n) is 9.62. The molecular weight excluding hydrogens is 688 g/mol. The molecule has 0 amide bonds. The highest BCUT2D eigenvalue weighted by Crippen LogP contribution is 2.68. The summed E-state index contributed by atoms with van der Waals surface area (Å²) in [5.74, 6) is -1.96. The zero-order valence-electron chi connectivity index (χ0n) is 31.6. The van der Waals surface area contributed by atoms with Crippen molar-refractivity contribution in [3.63, 3.8) is 0 Å². The first kappa shape index (κ1) is 35.2. The van der Waals surface area contributed by atoms with Crippen molar-refractivity contribution in [2.75, 3.05) is 14.2 Å². The van der Waals surface area contributed by atoms with Crippen LogP contribution in [0.1, 0.15) is 92.7 Å². The molecule has 6 atom stereocenters. The van der Waals surface area contributed by atoms with E-state index in [1.54, 1.807) is 59.7 Å². The van der Waals surface area contributed by atoms with Crippen LogP contribution in [0.25, 0.3) is 21.9 Å². The van der Waals surface area contributed by atoms with Crippen molar-refractivity contribution in [2.24, 2.45) is 21.7 Å². The SMILES string of the molecule is COc1ccc2c(=O)c3c(OC)cc4c(c3oc2c1)[C@@H](OC(=O)[C@@]12CCC(C)(C(=O)O1)C2(C)C)[C@@H](OC(=O)[C@@]12CCC(C)(C(=O)O1)C2(C)C)C(C)(C)O4. The van der Waals surface area contributed by atoms with Crippen LogP contribution in [0.15, 0.2) is 33.5 Å². The van der Waals surface area contributed by atoms with E-state index >= 15 is 0 Å². The monoisotopic (exact) mass is 732 g/mol. The molecule has 2 unspecified atom stereocenters. The Hall–Kier alpha value is -4.81. The molecule has 0 radical (unpaired) electrons. The van der Waals surface area contributed by atoms with Gasteiger partial charge in [0.05, 0.1) is 36.0 Å². The van der Waals surface area contributed by atoms with Crippen LogP contribution in [0, 0.1) is 21.7 Å². The zero-order chi connectivity index (χ0) is 38.5. The minimum atomic E-state index is -1.66. The molecule has 4 fully saturated rings. The van der Waals surface area contributed by atoms with E-state index in [0.29, 0.717) is 18.6 Å². The number of fused-ring (bicyclic) bond motifs is 8. The van der Waals surface area contributed by atoms with Gasteiger partial charge in [-0.1, -0.05) is 27.7 Å². The molecule has 282 valence electrons. The summed E-state index contributed by atoms with van der Waals surface area (Å²) in [5, 5.41) is 0.274. The molecule has 2 aliphatic carbocycles. The third-order valence-electron chi connectivity index (χ3n) is 14.3. The molecule has 3 aromatic rings. The Balaban J connectivity index is 1.34. The van der Waals surface area contributed by atoms with Gasteiger partial charge in [0, 0.05) is 23.0 Å². The van der Waals surface area contributed by atoms with Gasteiger partial charge < -0.3 is 37.6 Å². The lowest BCUT2D eigenvalue weighted by Gasteiger charge is -2.46. The third-order valence-corrected chi connectivity index (χ3v) is 14.3. The van der Waals surface area contributed by atoms with Crippen LogP contribution < -0.4 is 19.6 Å². The van der Waals surface area contributed by atoms with Crippen molar-refractivity contribution in [3.8, 4) is 17.2 Å². The van der Waals surface area contributed by atoms with Crippen molar-refractivity contribution < 1.29 is 56.8 Å². The quantitative estimate of drug-likeness (QED) is 0.168. The van der Waals surface area contributed by atoms with Gasteiger partial charge in [-0.2, -0.15) is 0 Å². The maximum absolute atomic E-state index is 14.8. The van der Waals surface area contributed by atoms with E-state index in [9.17, 15) is 24.0 Å². The second-order valence-electron chi connectivity index (χ2n) is 17.2. The molecule has 4 heterocycles. The number of ether oxygens (including phenoxy) is 7. The maximum atomic E-state index is 14.8. The Morgan fingerprint density at radius 1 is 0.717 bits per heavy atom. The number of hydrogen-bond donors (Lipinski definition) is 0. The van der Waals surface area contributed by atoms with Crippen molar-refractivity contribution in [2.45, 2.75) is 110 Å². The summed E-state index contributed by atoms with van der Waals surface area (Å²) in [6.07, 6.45) is -1.63. The van der Waals surface area contributed by atoms with E-state index in [0.717, 1.165) is 0 Å². The first-order chi connectivity index (χ1) is 24.7. The topological polar surface area (TPSA) is 163 Å². The lowest BCUT2D eigenvalue weighted by molar-refractivity contribution is -0.217. The molecule has 0 spiro atoms. The highest BCUT2D eigenvalue weighted by molar-refractivity contribution is 5.98. The Morgan fingerprint density at radius 3 is 1.77 bits per heavy atom. The minimum Gasteiger partial charge on any atom is -0.497 e. The van der Waals surface area contributed by atoms with Gasteiger partial charge >= 0.3 is 23.9 Å².